The summed E-state index contributed by atoms with van der Waals surface area (Å²) < 4.78 is 27.5. The van der Waals surface area contributed by atoms with Crippen LogP contribution in [0.4, 0.5) is 0 Å². The molecule has 3 rings (SSSR count). The molecule has 0 radical (unpaired) electrons. The molecule has 1 fully saturated rings. The maximum Gasteiger partial charge on any atom is 0.274 e. The lowest BCUT2D eigenvalue weighted by Gasteiger charge is -2.30. The van der Waals surface area contributed by atoms with E-state index in [0.717, 1.165) is 43.6 Å². The van der Waals surface area contributed by atoms with Crippen molar-refractivity contribution in [3.05, 3.63) is 35.9 Å². The monoisotopic (exact) mass is 406 g/mol. The first-order chi connectivity index (χ1) is 13.4. The molecule has 154 valence electrons. The Kier molecular flexibility index (Phi) is 6.40. The van der Waals surface area contributed by atoms with Crippen LogP contribution in [-0.4, -0.2) is 65.3 Å². The Bertz CT molecular complexity index is 938. The number of carbonyl (C=O) groups is 1. The molecular formula is C20H30N4O3S. The predicted octanol–water partition coefficient (Wildman–Crippen LogP) is 2.74. The van der Waals surface area contributed by atoms with Gasteiger partial charge in [0.05, 0.1) is 11.8 Å². The minimum absolute atomic E-state index is 0.0226. The quantitative estimate of drug-likeness (QED) is 0.709. The zero-order valence-electron chi connectivity index (χ0n) is 17.0. The average molecular weight is 407 g/mol. The van der Waals surface area contributed by atoms with Crippen LogP contribution < -0.4 is 0 Å². The number of imidazole rings is 1. The van der Waals surface area contributed by atoms with E-state index in [1.54, 1.807) is 0 Å². The number of hydrogen-bond donors (Lipinski definition) is 0. The molecule has 1 atom stereocenters. The van der Waals surface area contributed by atoms with Crippen LogP contribution in [0.1, 0.15) is 61.8 Å². The van der Waals surface area contributed by atoms with Crippen LogP contribution in [-0.2, 0) is 10.0 Å². The summed E-state index contributed by atoms with van der Waals surface area (Å²) in [6.45, 7) is 6.42. The van der Waals surface area contributed by atoms with Crippen molar-refractivity contribution in [3.8, 4) is 0 Å². The number of carbonyl (C=O) groups excluding carboxylic acids is 1. The van der Waals surface area contributed by atoms with Gasteiger partial charge in [0, 0.05) is 38.3 Å². The summed E-state index contributed by atoms with van der Waals surface area (Å²) in [5, 5.41) is 0. The van der Waals surface area contributed by atoms with Crippen molar-refractivity contribution in [2.75, 3.05) is 32.4 Å². The molecule has 0 saturated carbocycles. The summed E-state index contributed by atoms with van der Waals surface area (Å²) in [7, 11) is -3.24. The Morgan fingerprint density at radius 3 is 2.79 bits per heavy atom. The zero-order chi connectivity index (χ0) is 20.3. The number of pyridine rings is 1. The number of piperidine rings is 1. The van der Waals surface area contributed by atoms with E-state index in [1.165, 1.54) is 10.6 Å². The normalized spacial score (nSPS) is 18.5. The minimum atomic E-state index is -3.24. The molecule has 0 bridgehead atoms. The first kappa shape index (κ1) is 20.8. The molecule has 3 heterocycles. The van der Waals surface area contributed by atoms with Crippen LogP contribution in [0.5, 0.6) is 0 Å². The molecule has 2 aromatic rings. The fourth-order valence-corrected chi connectivity index (χ4v) is 4.77. The van der Waals surface area contributed by atoms with Gasteiger partial charge in [-0.15, -0.1) is 0 Å². The van der Waals surface area contributed by atoms with Crippen molar-refractivity contribution in [3.63, 3.8) is 0 Å². The zero-order valence-corrected chi connectivity index (χ0v) is 17.8. The van der Waals surface area contributed by atoms with Crippen LogP contribution in [0.15, 0.2) is 24.4 Å². The minimum Gasteiger partial charge on any atom is -0.338 e. The van der Waals surface area contributed by atoms with E-state index in [4.69, 9.17) is 4.98 Å². The highest BCUT2D eigenvalue weighted by Gasteiger charge is 2.31. The fraction of sp³-hybridized carbons (Fsp3) is 0.600. The number of rotatable bonds is 7. The number of nitrogens with zero attached hydrogens (tertiary/aromatic N) is 4. The van der Waals surface area contributed by atoms with Crippen molar-refractivity contribution in [2.24, 2.45) is 0 Å². The SMILES string of the molecule is CCCCN(CC)C(=O)c1nc([C@@H]2CCCN(S(C)(=O)=O)C2)n2ccccc12. The molecule has 7 nitrogen and oxygen atoms in total. The van der Waals surface area contributed by atoms with E-state index in [0.29, 0.717) is 25.3 Å². The predicted molar refractivity (Wildman–Crippen MR) is 110 cm³/mol. The topological polar surface area (TPSA) is 75.0 Å². The molecule has 1 amide bonds. The summed E-state index contributed by atoms with van der Waals surface area (Å²) in [6.07, 6.45) is 6.81. The van der Waals surface area contributed by atoms with Crippen molar-refractivity contribution in [1.29, 1.82) is 0 Å². The van der Waals surface area contributed by atoms with Crippen molar-refractivity contribution < 1.29 is 13.2 Å². The lowest BCUT2D eigenvalue weighted by Crippen LogP contribution is -2.38. The first-order valence-corrected chi connectivity index (χ1v) is 11.9. The molecule has 8 heteroatoms. The maximum atomic E-state index is 13.2. The molecule has 1 saturated heterocycles. The van der Waals surface area contributed by atoms with Crippen LogP contribution in [0, 0.1) is 0 Å². The molecule has 0 aromatic carbocycles. The standard InChI is InChI=1S/C20H30N4O3S/c1-4-6-12-22(5-2)20(25)18-17-11-7-8-14-24(17)19(21-18)16-10-9-13-23(15-16)28(3,26)27/h7-8,11,14,16H,4-6,9-10,12-13,15H2,1-3H3/t16-/m1/s1. The van der Waals surface area contributed by atoms with Crippen LogP contribution >= 0.6 is 0 Å². The Hall–Kier alpha value is -1.93. The summed E-state index contributed by atoms with van der Waals surface area (Å²) in [5.41, 5.74) is 1.25. The summed E-state index contributed by atoms with van der Waals surface area (Å²) >= 11 is 0. The second-order valence-electron chi connectivity index (χ2n) is 7.47. The van der Waals surface area contributed by atoms with Crippen molar-refractivity contribution >= 4 is 21.4 Å². The van der Waals surface area contributed by atoms with Crippen LogP contribution in [0.3, 0.4) is 0 Å². The third kappa shape index (κ3) is 4.22. The highest BCUT2D eigenvalue weighted by atomic mass is 32.2. The molecule has 2 aromatic heterocycles. The van der Waals surface area contributed by atoms with Crippen LogP contribution in [0.2, 0.25) is 0 Å². The van der Waals surface area contributed by atoms with E-state index < -0.39 is 10.0 Å². The van der Waals surface area contributed by atoms with Gasteiger partial charge in [-0.2, -0.15) is 0 Å². The molecule has 28 heavy (non-hydrogen) atoms. The molecule has 0 unspecified atom stereocenters. The number of unbranched alkanes of at least 4 members (excludes halogenated alkanes) is 1. The number of sulfonamides is 1. The third-order valence-electron chi connectivity index (χ3n) is 5.45. The number of amides is 1. The Morgan fingerprint density at radius 1 is 1.32 bits per heavy atom. The first-order valence-electron chi connectivity index (χ1n) is 10.1. The van der Waals surface area contributed by atoms with E-state index in [9.17, 15) is 13.2 Å². The van der Waals surface area contributed by atoms with Gasteiger partial charge in [0.25, 0.3) is 5.91 Å². The molecule has 1 aliphatic rings. The van der Waals surface area contributed by atoms with E-state index in [1.807, 2.05) is 40.6 Å². The van der Waals surface area contributed by atoms with Gasteiger partial charge in [0.2, 0.25) is 10.0 Å². The van der Waals surface area contributed by atoms with Gasteiger partial charge in [-0.1, -0.05) is 19.4 Å². The smallest absolute Gasteiger partial charge is 0.274 e. The van der Waals surface area contributed by atoms with Gasteiger partial charge in [-0.05, 0) is 38.3 Å². The number of fused-ring (bicyclic) bond motifs is 1. The van der Waals surface area contributed by atoms with Crippen LogP contribution in [0.25, 0.3) is 5.52 Å². The van der Waals surface area contributed by atoms with Gasteiger partial charge in [0.1, 0.15) is 5.82 Å². The fourth-order valence-electron chi connectivity index (χ4n) is 3.86. The van der Waals surface area contributed by atoms with E-state index >= 15 is 0 Å². The second-order valence-corrected chi connectivity index (χ2v) is 9.46. The summed E-state index contributed by atoms with van der Waals surface area (Å²) in [5.74, 6) is 0.700. The average Bonchev–Trinajstić information content (AvgIpc) is 3.07. The summed E-state index contributed by atoms with van der Waals surface area (Å²) in [6, 6.07) is 5.73. The molecule has 0 spiro atoms. The van der Waals surface area contributed by atoms with Crippen molar-refractivity contribution in [1.82, 2.24) is 18.6 Å². The van der Waals surface area contributed by atoms with Gasteiger partial charge in [-0.25, -0.2) is 17.7 Å². The third-order valence-corrected chi connectivity index (χ3v) is 6.72. The lowest BCUT2D eigenvalue weighted by atomic mass is 9.99. The van der Waals surface area contributed by atoms with E-state index in [-0.39, 0.29) is 11.8 Å². The van der Waals surface area contributed by atoms with Crippen molar-refractivity contribution in [2.45, 2.75) is 45.4 Å². The Labute approximate surface area is 167 Å². The molecule has 0 aliphatic carbocycles. The maximum absolute atomic E-state index is 13.2. The van der Waals surface area contributed by atoms with E-state index in [2.05, 4.69) is 6.92 Å². The number of hydrogen-bond acceptors (Lipinski definition) is 4. The highest BCUT2D eigenvalue weighted by molar-refractivity contribution is 7.88. The number of aromatic nitrogens is 2. The van der Waals surface area contributed by atoms with Gasteiger partial charge >= 0.3 is 0 Å². The second kappa shape index (κ2) is 8.61. The highest BCUT2D eigenvalue weighted by Crippen LogP contribution is 2.29. The lowest BCUT2D eigenvalue weighted by molar-refractivity contribution is 0.0758. The Balaban J connectivity index is 1.98. The van der Waals surface area contributed by atoms with Gasteiger partial charge in [0.15, 0.2) is 5.69 Å². The largest absolute Gasteiger partial charge is 0.338 e. The molecule has 0 N–H and O–H groups in total. The molecular weight excluding hydrogens is 376 g/mol. The Morgan fingerprint density at radius 2 is 2.11 bits per heavy atom. The molecule has 1 aliphatic heterocycles. The summed E-state index contributed by atoms with van der Waals surface area (Å²) in [4.78, 5) is 19.8. The van der Waals surface area contributed by atoms with Gasteiger partial charge < -0.3 is 9.30 Å². The van der Waals surface area contributed by atoms with Gasteiger partial charge in [-0.3, -0.25) is 4.79 Å².